The van der Waals surface area contributed by atoms with Crippen molar-refractivity contribution in [1.82, 2.24) is 5.32 Å². The molecule has 0 saturated carbocycles. The van der Waals surface area contributed by atoms with Gasteiger partial charge in [-0.2, -0.15) is 8.78 Å². The van der Waals surface area contributed by atoms with Crippen LogP contribution in [0.25, 0.3) is 0 Å². The maximum Gasteiger partial charge on any atom is 0.387 e. The highest BCUT2D eigenvalue weighted by molar-refractivity contribution is 5.98. The fourth-order valence-electron chi connectivity index (χ4n) is 1.64. The second kappa shape index (κ2) is 8.06. The van der Waals surface area contributed by atoms with Crippen LogP contribution in [0.1, 0.15) is 24.2 Å². The van der Waals surface area contributed by atoms with Gasteiger partial charge in [0.15, 0.2) is 6.10 Å². The largest absolute Gasteiger partial charge is 0.448 e. The fraction of sp³-hybridized carbons (Fsp3) is 0.357. The summed E-state index contributed by atoms with van der Waals surface area (Å²) in [6.45, 7) is 0.242. The molecule has 126 valence electrons. The van der Waals surface area contributed by atoms with Gasteiger partial charge in [0.1, 0.15) is 5.75 Å². The first-order valence-corrected chi connectivity index (χ1v) is 6.57. The molecule has 0 aliphatic carbocycles. The third-order valence-corrected chi connectivity index (χ3v) is 2.66. The van der Waals surface area contributed by atoms with Gasteiger partial charge in [-0.1, -0.05) is 13.8 Å². The van der Waals surface area contributed by atoms with E-state index >= 15 is 0 Å². The van der Waals surface area contributed by atoms with Crippen molar-refractivity contribution in [2.24, 2.45) is 11.7 Å². The van der Waals surface area contributed by atoms with Gasteiger partial charge in [0.2, 0.25) is 0 Å². The van der Waals surface area contributed by atoms with Crippen molar-refractivity contribution in [3.8, 4) is 5.75 Å². The molecule has 23 heavy (non-hydrogen) atoms. The number of halogens is 2. The predicted octanol–water partition coefficient (Wildman–Crippen LogP) is 1.66. The molecule has 0 radical (unpaired) electrons. The molecule has 3 N–H and O–H groups in total. The summed E-state index contributed by atoms with van der Waals surface area (Å²) in [6, 6.07) is 3.69. The standard InChI is InChI=1S/C14H16F2N2O5/c1-7(2)10(11(19)18-14(17)21)23-12(20)8-3-5-9(6-4-8)22-13(15)16/h3-7,10,13H,1-2H3,(H3,17,18,19,21)/t10-/m0/s1. The van der Waals surface area contributed by atoms with Crippen molar-refractivity contribution in [3.05, 3.63) is 29.8 Å². The number of rotatable bonds is 6. The Morgan fingerprint density at radius 3 is 2.13 bits per heavy atom. The molecule has 0 heterocycles. The van der Waals surface area contributed by atoms with Crippen molar-refractivity contribution < 1.29 is 32.6 Å². The topological polar surface area (TPSA) is 108 Å². The second-order valence-electron chi connectivity index (χ2n) is 4.83. The summed E-state index contributed by atoms with van der Waals surface area (Å²) in [5.74, 6) is -2.24. The Labute approximate surface area is 130 Å². The van der Waals surface area contributed by atoms with E-state index < -0.39 is 36.5 Å². The molecule has 1 rings (SSSR count). The third kappa shape index (κ3) is 5.89. The van der Waals surface area contributed by atoms with E-state index in [1.807, 2.05) is 5.32 Å². The number of hydrogen-bond acceptors (Lipinski definition) is 5. The molecular weight excluding hydrogens is 314 g/mol. The average molecular weight is 330 g/mol. The van der Waals surface area contributed by atoms with Gasteiger partial charge in [-0.25, -0.2) is 9.59 Å². The van der Waals surface area contributed by atoms with Crippen LogP contribution in [-0.4, -0.2) is 30.6 Å². The molecule has 0 bridgehead atoms. The van der Waals surface area contributed by atoms with Crippen LogP contribution in [0.15, 0.2) is 24.3 Å². The lowest BCUT2D eigenvalue weighted by atomic mass is 10.1. The first-order valence-electron chi connectivity index (χ1n) is 6.57. The first kappa shape index (κ1) is 18.3. The molecule has 1 atom stereocenters. The molecule has 0 unspecified atom stereocenters. The molecule has 0 aliphatic heterocycles. The summed E-state index contributed by atoms with van der Waals surface area (Å²) in [6.07, 6.45) is -1.23. The number of carbonyl (C=O) groups excluding carboxylic acids is 3. The zero-order chi connectivity index (χ0) is 17.6. The zero-order valence-corrected chi connectivity index (χ0v) is 12.4. The van der Waals surface area contributed by atoms with E-state index in [2.05, 4.69) is 4.74 Å². The van der Waals surface area contributed by atoms with Gasteiger partial charge in [0.25, 0.3) is 5.91 Å². The SMILES string of the molecule is CC(C)[C@H](OC(=O)c1ccc(OC(F)F)cc1)C(=O)NC(N)=O. The molecule has 1 aromatic carbocycles. The lowest BCUT2D eigenvalue weighted by Crippen LogP contribution is -2.45. The van der Waals surface area contributed by atoms with Crippen molar-refractivity contribution in [2.45, 2.75) is 26.6 Å². The molecule has 0 saturated heterocycles. The highest BCUT2D eigenvalue weighted by Gasteiger charge is 2.27. The summed E-state index contributed by atoms with van der Waals surface area (Å²) >= 11 is 0. The van der Waals surface area contributed by atoms with E-state index in [0.717, 1.165) is 12.1 Å². The van der Waals surface area contributed by atoms with Crippen molar-refractivity contribution in [1.29, 1.82) is 0 Å². The van der Waals surface area contributed by atoms with Crippen LogP contribution in [0, 0.1) is 5.92 Å². The van der Waals surface area contributed by atoms with Crippen LogP contribution in [0.3, 0.4) is 0 Å². The number of ether oxygens (including phenoxy) is 2. The van der Waals surface area contributed by atoms with Crippen LogP contribution >= 0.6 is 0 Å². The van der Waals surface area contributed by atoms with E-state index in [4.69, 9.17) is 10.5 Å². The van der Waals surface area contributed by atoms with Gasteiger partial charge in [-0.15, -0.1) is 0 Å². The van der Waals surface area contributed by atoms with Gasteiger partial charge in [-0.05, 0) is 30.2 Å². The number of nitrogens with one attached hydrogen (secondary N) is 1. The minimum absolute atomic E-state index is 0.0316. The Bertz CT molecular complexity index is 575. The van der Waals surface area contributed by atoms with E-state index in [1.54, 1.807) is 13.8 Å². The number of hydrogen-bond donors (Lipinski definition) is 2. The van der Waals surface area contributed by atoms with Crippen LogP contribution < -0.4 is 15.8 Å². The van der Waals surface area contributed by atoms with Crippen LogP contribution in [-0.2, 0) is 9.53 Å². The Morgan fingerprint density at radius 1 is 1.13 bits per heavy atom. The number of carbonyl (C=O) groups is 3. The number of esters is 1. The summed E-state index contributed by atoms with van der Waals surface area (Å²) in [4.78, 5) is 34.4. The summed E-state index contributed by atoms with van der Waals surface area (Å²) < 4.78 is 33.3. The predicted molar refractivity (Wildman–Crippen MR) is 74.8 cm³/mol. The number of nitrogens with two attached hydrogens (primary N) is 1. The maximum atomic E-state index is 12.0. The Hall–Kier alpha value is -2.71. The van der Waals surface area contributed by atoms with Crippen molar-refractivity contribution >= 4 is 17.9 Å². The number of amides is 3. The zero-order valence-electron chi connectivity index (χ0n) is 12.4. The summed E-state index contributed by atoms with van der Waals surface area (Å²) in [5, 5.41) is 1.83. The highest BCUT2D eigenvalue weighted by atomic mass is 19.3. The number of benzene rings is 1. The van der Waals surface area contributed by atoms with Gasteiger partial charge < -0.3 is 15.2 Å². The lowest BCUT2D eigenvalue weighted by molar-refractivity contribution is -0.130. The van der Waals surface area contributed by atoms with Gasteiger partial charge in [0.05, 0.1) is 5.56 Å². The lowest BCUT2D eigenvalue weighted by Gasteiger charge is -2.19. The van der Waals surface area contributed by atoms with E-state index in [9.17, 15) is 23.2 Å². The number of alkyl halides is 2. The summed E-state index contributed by atoms with van der Waals surface area (Å²) in [5.41, 5.74) is 4.87. The third-order valence-electron chi connectivity index (χ3n) is 2.66. The highest BCUT2D eigenvalue weighted by Crippen LogP contribution is 2.17. The monoisotopic (exact) mass is 330 g/mol. The van der Waals surface area contributed by atoms with Gasteiger partial charge >= 0.3 is 18.6 Å². The number of imide groups is 1. The van der Waals surface area contributed by atoms with Crippen LogP contribution in [0.2, 0.25) is 0 Å². The quantitative estimate of drug-likeness (QED) is 0.771. The molecule has 0 aromatic heterocycles. The minimum Gasteiger partial charge on any atom is -0.448 e. The fourth-order valence-corrected chi connectivity index (χ4v) is 1.64. The second-order valence-corrected chi connectivity index (χ2v) is 4.83. The first-order chi connectivity index (χ1) is 10.7. The van der Waals surface area contributed by atoms with Crippen molar-refractivity contribution in [2.75, 3.05) is 0 Å². The number of urea groups is 1. The normalized spacial score (nSPS) is 11.9. The molecule has 7 nitrogen and oxygen atoms in total. The molecule has 0 aliphatic rings. The maximum absolute atomic E-state index is 12.0. The van der Waals surface area contributed by atoms with E-state index in [-0.39, 0.29) is 11.3 Å². The Morgan fingerprint density at radius 2 is 1.70 bits per heavy atom. The van der Waals surface area contributed by atoms with Crippen LogP contribution in [0.4, 0.5) is 13.6 Å². The van der Waals surface area contributed by atoms with Gasteiger partial charge in [0, 0.05) is 0 Å². The van der Waals surface area contributed by atoms with Gasteiger partial charge in [-0.3, -0.25) is 10.1 Å². The molecule has 0 fully saturated rings. The van der Waals surface area contributed by atoms with Crippen LogP contribution in [0.5, 0.6) is 5.75 Å². The molecule has 3 amide bonds. The van der Waals surface area contributed by atoms with Crippen molar-refractivity contribution in [3.63, 3.8) is 0 Å². The molecule has 9 heteroatoms. The molecule has 0 spiro atoms. The molecular formula is C14H16F2N2O5. The average Bonchev–Trinajstić information content (AvgIpc) is 2.43. The Balaban J connectivity index is 2.78. The smallest absolute Gasteiger partial charge is 0.387 e. The summed E-state index contributed by atoms with van der Waals surface area (Å²) in [7, 11) is 0. The minimum atomic E-state index is -2.98. The molecule has 1 aromatic rings. The Kier molecular flexibility index (Phi) is 6.43. The number of primary amides is 1. The van der Waals surface area contributed by atoms with E-state index in [0.29, 0.717) is 0 Å². The van der Waals surface area contributed by atoms with E-state index in [1.165, 1.54) is 12.1 Å².